The third-order valence-corrected chi connectivity index (χ3v) is 2.23. The first-order chi connectivity index (χ1) is 7.33. The fourth-order valence-electron chi connectivity index (χ4n) is 1.31. The van der Waals surface area contributed by atoms with Crippen LogP contribution in [0.25, 0.3) is 0 Å². The molecule has 0 bridgehead atoms. The number of rotatable bonds is 4. The molecule has 94 valence electrons. The standard InChI is InChI=1S/C11H13NO4.ClH/c1-11(12,10(15)16)6-7-3-2-4-8(5-7)9(13)14;/h2-5H,6,12H2,1H3,(H,13,14)(H,15,16);1H/t11-;/m1./s1. The van der Waals surface area contributed by atoms with Crippen molar-refractivity contribution in [3.63, 3.8) is 0 Å². The van der Waals surface area contributed by atoms with Crippen LogP contribution in [0.15, 0.2) is 24.3 Å². The van der Waals surface area contributed by atoms with Crippen LogP contribution in [-0.4, -0.2) is 27.7 Å². The third kappa shape index (κ3) is 4.05. The van der Waals surface area contributed by atoms with Gasteiger partial charge in [0.1, 0.15) is 5.54 Å². The Morgan fingerprint density at radius 3 is 2.41 bits per heavy atom. The zero-order valence-corrected chi connectivity index (χ0v) is 10.0. The van der Waals surface area contributed by atoms with E-state index in [4.69, 9.17) is 15.9 Å². The highest BCUT2D eigenvalue weighted by Gasteiger charge is 2.28. The van der Waals surface area contributed by atoms with Gasteiger partial charge in [-0.05, 0) is 24.6 Å². The molecule has 0 unspecified atom stereocenters. The minimum atomic E-state index is -1.39. The molecule has 17 heavy (non-hydrogen) atoms. The van der Waals surface area contributed by atoms with E-state index in [0.29, 0.717) is 5.56 Å². The van der Waals surface area contributed by atoms with Gasteiger partial charge in [-0.25, -0.2) is 4.79 Å². The van der Waals surface area contributed by atoms with Crippen molar-refractivity contribution < 1.29 is 19.8 Å². The molecule has 0 aliphatic carbocycles. The van der Waals surface area contributed by atoms with Gasteiger partial charge in [-0.3, -0.25) is 4.79 Å². The average molecular weight is 260 g/mol. The van der Waals surface area contributed by atoms with Crippen molar-refractivity contribution in [3.8, 4) is 0 Å². The Kier molecular flexibility index (Phi) is 5.12. The lowest BCUT2D eigenvalue weighted by Gasteiger charge is -2.19. The SMILES string of the molecule is C[C@@](N)(Cc1cccc(C(=O)O)c1)C(=O)O.Cl. The van der Waals surface area contributed by atoms with Crippen molar-refractivity contribution in [1.29, 1.82) is 0 Å². The first-order valence-electron chi connectivity index (χ1n) is 4.67. The number of aromatic carboxylic acids is 1. The molecule has 6 heteroatoms. The molecule has 0 aromatic heterocycles. The predicted octanol–water partition coefficient (Wildman–Crippen LogP) is 1.15. The van der Waals surface area contributed by atoms with Crippen LogP contribution in [0.5, 0.6) is 0 Å². The van der Waals surface area contributed by atoms with Gasteiger partial charge in [-0.15, -0.1) is 12.4 Å². The monoisotopic (exact) mass is 259 g/mol. The molecule has 0 aliphatic rings. The smallest absolute Gasteiger partial charge is 0.335 e. The van der Waals surface area contributed by atoms with Crippen molar-refractivity contribution in [3.05, 3.63) is 35.4 Å². The molecule has 0 saturated carbocycles. The van der Waals surface area contributed by atoms with Gasteiger partial charge in [-0.2, -0.15) is 0 Å². The first-order valence-corrected chi connectivity index (χ1v) is 4.67. The van der Waals surface area contributed by atoms with Crippen molar-refractivity contribution in [2.75, 3.05) is 0 Å². The molecule has 1 atom stereocenters. The van der Waals surface area contributed by atoms with Crippen LogP contribution in [0.4, 0.5) is 0 Å². The Bertz CT molecular complexity index is 431. The van der Waals surface area contributed by atoms with Gasteiger partial charge in [0.15, 0.2) is 0 Å². The van der Waals surface area contributed by atoms with Crippen molar-refractivity contribution in [2.24, 2.45) is 5.73 Å². The number of nitrogens with two attached hydrogens (primary N) is 1. The van der Waals surface area contributed by atoms with E-state index in [1.54, 1.807) is 12.1 Å². The van der Waals surface area contributed by atoms with Gasteiger partial charge < -0.3 is 15.9 Å². The molecule has 0 spiro atoms. The summed E-state index contributed by atoms with van der Waals surface area (Å²) in [7, 11) is 0. The van der Waals surface area contributed by atoms with E-state index in [1.807, 2.05) is 0 Å². The summed E-state index contributed by atoms with van der Waals surface area (Å²) >= 11 is 0. The zero-order valence-electron chi connectivity index (χ0n) is 9.21. The van der Waals surface area contributed by atoms with Crippen LogP contribution in [0.3, 0.4) is 0 Å². The van der Waals surface area contributed by atoms with E-state index < -0.39 is 17.5 Å². The van der Waals surface area contributed by atoms with E-state index in [9.17, 15) is 9.59 Å². The molecule has 1 aromatic rings. The second-order valence-corrected chi connectivity index (χ2v) is 3.90. The van der Waals surface area contributed by atoms with Crippen LogP contribution in [0.2, 0.25) is 0 Å². The summed E-state index contributed by atoms with van der Waals surface area (Å²) in [5.74, 6) is -2.16. The molecule has 0 aliphatic heterocycles. The van der Waals surface area contributed by atoms with Crippen molar-refractivity contribution in [1.82, 2.24) is 0 Å². The molecule has 0 fully saturated rings. The highest BCUT2D eigenvalue weighted by atomic mass is 35.5. The molecule has 5 nitrogen and oxygen atoms in total. The summed E-state index contributed by atoms with van der Waals surface area (Å²) in [4.78, 5) is 21.5. The number of halogens is 1. The number of hydrogen-bond acceptors (Lipinski definition) is 3. The maximum atomic E-state index is 10.8. The summed E-state index contributed by atoms with van der Waals surface area (Å²) in [5, 5.41) is 17.6. The molecule has 0 radical (unpaired) electrons. The summed E-state index contributed by atoms with van der Waals surface area (Å²) in [6.45, 7) is 1.39. The highest BCUT2D eigenvalue weighted by Crippen LogP contribution is 2.13. The lowest BCUT2D eigenvalue weighted by Crippen LogP contribution is -2.46. The average Bonchev–Trinajstić information content (AvgIpc) is 2.17. The summed E-state index contributed by atoms with van der Waals surface area (Å²) < 4.78 is 0. The maximum absolute atomic E-state index is 10.8. The minimum absolute atomic E-state index is 0. The van der Waals surface area contributed by atoms with E-state index in [0.717, 1.165) is 0 Å². The molecule has 0 heterocycles. The lowest BCUT2D eigenvalue weighted by atomic mass is 9.93. The van der Waals surface area contributed by atoms with E-state index in [1.165, 1.54) is 19.1 Å². The van der Waals surface area contributed by atoms with Gasteiger partial charge >= 0.3 is 11.9 Å². The summed E-state index contributed by atoms with van der Waals surface area (Å²) in [6.07, 6.45) is 0.0868. The number of aliphatic carboxylic acids is 1. The first kappa shape index (κ1) is 15.4. The largest absolute Gasteiger partial charge is 0.480 e. The Morgan fingerprint density at radius 2 is 1.94 bits per heavy atom. The van der Waals surface area contributed by atoms with E-state index >= 15 is 0 Å². The van der Waals surface area contributed by atoms with Crippen molar-refractivity contribution >= 4 is 24.3 Å². The topological polar surface area (TPSA) is 101 Å². The highest BCUT2D eigenvalue weighted by molar-refractivity contribution is 5.87. The Hall–Kier alpha value is -1.59. The van der Waals surface area contributed by atoms with Crippen molar-refractivity contribution in [2.45, 2.75) is 18.9 Å². The quantitative estimate of drug-likeness (QED) is 0.753. The number of carboxylic acid groups (broad SMARTS) is 2. The molecule has 0 saturated heterocycles. The summed E-state index contributed by atoms with van der Waals surface area (Å²) in [6, 6.07) is 6.09. The number of carboxylic acids is 2. The molecule has 1 aromatic carbocycles. The third-order valence-electron chi connectivity index (χ3n) is 2.23. The number of hydrogen-bond donors (Lipinski definition) is 3. The normalized spacial score (nSPS) is 13.3. The fourth-order valence-corrected chi connectivity index (χ4v) is 1.31. The number of benzene rings is 1. The molecule has 4 N–H and O–H groups in total. The zero-order chi connectivity index (χ0) is 12.3. The molecular formula is C11H14ClNO4. The second-order valence-electron chi connectivity index (χ2n) is 3.90. The Balaban J connectivity index is 0.00000256. The fraction of sp³-hybridized carbons (Fsp3) is 0.273. The predicted molar refractivity (Wildman–Crippen MR) is 64.6 cm³/mol. The Labute approximate surface area is 105 Å². The second kappa shape index (κ2) is 5.65. The number of carbonyl (C=O) groups is 2. The van der Waals surface area contributed by atoms with Gasteiger partial charge in [0.25, 0.3) is 0 Å². The van der Waals surface area contributed by atoms with E-state index in [2.05, 4.69) is 0 Å². The van der Waals surface area contributed by atoms with Crippen LogP contribution in [0.1, 0.15) is 22.8 Å². The lowest BCUT2D eigenvalue weighted by molar-refractivity contribution is -0.142. The minimum Gasteiger partial charge on any atom is -0.480 e. The van der Waals surface area contributed by atoms with Gasteiger partial charge in [0, 0.05) is 6.42 Å². The van der Waals surface area contributed by atoms with E-state index in [-0.39, 0.29) is 24.4 Å². The molecule has 1 rings (SSSR count). The van der Waals surface area contributed by atoms with Gasteiger partial charge in [0.2, 0.25) is 0 Å². The maximum Gasteiger partial charge on any atom is 0.335 e. The van der Waals surface area contributed by atoms with Crippen LogP contribution in [-0.2, 0) is 11.2 Å². The van der Waals surface area contributed by atoms with Crippen LogP contribution < -0.4 is 5.73 Å². The van der Waals surface area contributed by atoms with Gasteiger partial charge in [-0.1, -0.05) is 12.1 Å². The van der Waals surface area contributed by atoms with Gasteiger partial charge in [0.05, 0.1) is 5.56 Å². The Morgan fingerprint density at radius 1 is 1.35 bits per heavy atom. The molecule has 0 amide bonds. The van der Waals surface area contributed by atoms with Crippen LogP contribution in [0, 0.1) is 0 Å². The summed E-state index contributed by atoms with van der Waals surface area (Å²) in [5.41, 5.74) is 4.89. The molecular weight excluding hydrogens is 246 g/mol. The van der Waals surface area contributed by atoms with Crippen LogP contribution >= 0.6 is 12.4 Å².